The van der Waals surface area contributed by atoms with Crippen LogP contribution in [0.5, 0.6) is 0 Å². The van der Waals surface area contributed by atoms with E-state index in [1.165, 1.54) is 0 Å². The largest absolute Gasteiger partial charge is 0.396 e. The lowest BCUT2D eigenvalue weighted by Gasteiger charge is -2.25. The van der Waals surface area contributed by atoms with E-state index in [-0.39, 0.29) is 24.0 Å². The van der Waals surface area contributed by atoms with Gasteiger partial charge in [0, 0.05) is 37.6 Å². The van der Waals surface area contributed by atoms with E-state index in [0.717, 1.165) is 13.2 Å². The molecule has 1 atom stereocenters. The molecule has 5 heteroatoms. The zero-order valence-corrected chi connectivity index (χ0v) is 10.1. The topological polar surface area (TPSA) is 70.6 Å². The van der Waals surface area contributed by atoms with Crippen LogP contribution in [-0.4, -0.2) is 50.0 Å². The van der Waals surface area contributed by atoms with Gasteiger partial charge in [-0.1, -0.05) is 13.8 Å². The Balaban J connectivity index is 2.19. The van der Waals surface area contributed by atoms with Crippen LogP contribution >= 0.6 is 0 Å². The first-order chi connectivity index (χ1) is 7.53. The summed E-state index contributed by atoms with van der Waals surface area (Å²) >= 11 is 0. The van der Waals surface area contributed by atoms with Crippen LogP contribution in [0.25, 0.3) is 0 Å². The molecule has 3 N–H and O–H groups in total. The van der Waals surface area contributed by atoms with Crippen LogP contribution in [0.4, 0.5) is 0 Å². The Labute approximate surface area is 96.6 Å². The summed E-state index contributed by atoms with van der Waals surface area (Å²) in [6.45, 7) is 6.50. The van der Waals surface area contributed by atoms with Gasteiger partial charge in [-0.05, 0) is 0 Å². The number of carbonyl (C=O) groups excluding carboxylic acids is 1. The molecule has 0 aromatic heterocycles. The number of carbonyl (C=O) groups is 1. The number of amides is 1. The van der Waals surface area contributed by atoms with Crippen LogP contribution in [0, 0.1) is 5.41 Å². The van der Waals surface area contributed by atoms with Crippen molar-refractivity contribution in [3.63, 3.8) is 0 Å². The van der Waals surface area contributed by atoms with Gasteiger partial charge in [0.15, 0.2) is 0 Å². The van der Waals surface area contributed by atoms with Crippen molar-refractivity contribution < 1.29 is 14.6 Å². The SMILES string of the molecule is CC(C)(CO)CNC(=O)CC1COCCN1. The molecule has 1 rings (SSSR count). The Bertz CT molecular complexity index is 225. The highest BCUT2D eigenvalue weighted by atomic mass is 16.5. The maximum Gasteiger partial charge on any atom is 0.221 e. The molecule has 94 valence electrons. The molecule has 1 heterocycles. The maximum atomic E-state index is 11.6. The van der Waals surface area contributed by atoms with Gasteiger partial charge in [-0.2, -0.15) is 0 Å². The summed E-state index contributed by atoms with van der Waals surface area (Å²) in [5.41, 5.74) is -0.258. The quantitative estimate of drug-likeness (QED) is 0.595. The third kappa shape index (κ3) is 4.92. The average Bonchev–Trinajstić information content (AvgIpc) is 2.28. The van der Waals surface area contributed by atoms with E-state index in [1.54, 1.807) is 0 Å². The first-order valence-corrected chi connectivity index (χ1v) is 5.72. The summed E-state index contributed by atoms with van der Waals surface area (Å²) in [5.74, 6) is 0.00419. The smallest absolute Gasteiger partial charge is 0.221 e. The summed E-state index contributed by atoms with van der Waals surface area (Å²) < 4.78 is 5.27. The van der Waals surface area contributed by atoms with Crippen LogP contribution in [0.2, 0.25) is 0 Å². The molecule has 0 spiro atoms. The van der Waals surface area contributed by atoms with Crippen molar-refractivity contribution in [2.24, 2.45) is 5.41 Å². The number of rotatable bonds is 5. The first-order valence-electron chi connectivity index (χ1n) is 5.72. The first kappa shape index (κ1) is 13.4. The van der Waals surface area contributed by atoms with Crippen molar-refractivity contribution in [2.75, 3.05) is 32.9 Å². The second-order valence-corrected chi connectivity index (χ2v) is 5.03. The molecule has 0 radical (unpaired) electrons. The number of aliphatic hydroxyl groups excluding tert-OH is 1. The summed E-state index contributed by atoms with van der Waals surface area (Å²) in [6, 6.07) is 0.117. The number of hydrogen-bond donors (Lipinski definition) is 3. The van der Waals surface area contributed by atoms with Gasteiger partial charge in [0.05, 0.1) is 13.2 Å². The lowest BCUT2D eigenvalue weighted by Crippen LogP contribution is -2.45. The molecule has 0 bridgehead atoms. The number of hydrogen-bond acceptors (Lipinski definition) is 4. The molecule has 0 aliphatic carbocycles. The Hall–Kier alpha value is -0.650. The molecule has 1 aliphatic heterocycles. The van der Waals surface area contributed by atoms with Gasteiger partial charge in [-0.3, -0.25) is 4.79 Å². The average molecular weight is 230 g/mol. The molecular formula is C11H22N2O3. The minimum absolute atomic E-state index is 0.00419. The maximum absolute atomic E-state index is 11.6. The molecule has 1 saturated heterocycles. The van der Waals surface area contributed by atoms with E-state index in [4.69, 9.17) is 9.84 Å². The number of aliphatic hydroxyl groups is 1. The Morgan fingerprint density at radius 3 is 2.94 bits per heavy atom. The zero-order valence-electron chi connectivity index (χ0n) is 10.1. The highest BCUT2D eigenvalue weighted by Crippen LogP contribution is 2.11. The van der Waals surface area contributed by atoms with E-state index in [9.17, 15) is 4.79 Å². The highest BCUT2D eigenvalue weighted by molar-refractivity contribution is 5.76. The molecule has 5 nitrogen and oxygen atoms in total. The fourth-order valence-electron chi connectivity index (χ4n) is 1.44. The summed E-state index contributed by atoms with van der Waals surface area (Å²) in [5, 5.41) is 15.1. The molecule has 1 unspecified atom stereocenters. The molecule has 0 aromatic rings. The third-order valence-corrected chi connectivity index (χ3v) is 2.62. The summed E-state index contributed by atoms with van der Waals surface area (Å²) in [7, 11) is 0. The molecule has 1 aliphatic rings. The van der Waals surface area contributed by atoms with Crippen LogP contribution in [0.15, 0.2) is 0 Å². The minimum atomic E-state index is -0.258. The van der Waals surface area contributed by atoms with Gasteiger partial charge >= 0.3 is 0 Å². The van der Waals surface area contributed by atoms with Gasteiger partial charge < -0.3 is 20.5 Å². The van der Waals surface area contributed by atoms with E-state index in [0.29, 0.717) is 19.6 Å². The van der Waals surface area contributed by atoms with E-state index in [1.807, 2.05) is 13.8 Å². The van der Waals surface area contributed by atoms with Gasteiger partial charge in [-0.15, -0.1) is 0 Å². The fourth-order valence-corrected chi connectivity index (χ4v) is 1.44. The molecule has 1 amide bonds. The number of morpholine rings is 1. The minimum Gasteiger partial charge on any atom is -0.396 e. The molecule has 0 aromatic carbocycles. The number of nitrogens with one attached hydrogen (secondary N) is 2. The lowest BCUT2D eigenvalue weighted by atomic mass is 9.95. The standard InChI is InChI=1S/C11H22N2O3/c1-11(2,8-14)7-13-10(15)5-9-6-16-4-3-12-9/h9,12,14H,3-8H2,1-2H3,(H,13,15). The van der Waals surface area contributed by atoms with Gasteiger partial charge in [-0.25, -0.2) is 0 Å². The normalized spacial score (nSPS) is 21.8. The van der Waals surface area contributed by atoms with Crippen LogP contribution in [-0.2, 0) is 9.53 Å². The molecule has 0 saturated carbocycles. The van der Waals surface area contributed by atoms with Crippen molar-refractivity contribution in [1.29, 1.82) is 0 Å². The van der Waals surface area contributed by atoms with Crippen molar-refractivity contribution in [2.45, 2.75) is 26.3 Å². The van der Waals surface area contributed by atoms with Crippen LogP contribution < -0.4 is 10.6 Å². The predicted octanol–water partition coefficient (Wildman–Crippen LogP) is -0.500. The highest BCUT2D eigenvalue weighted by Gasteiger charge is 2.20. The van der Waals surface area contributed by atoms with Crippen molar-refractivity contribution >= 4 is 5.91 Å². The van der Waals surface area contributed by atoms with Gasteiger partial charge in [0.25, 0.3) is 0 Å². The van der Waals surface area contributed by atoms with Gasteiger partial charge in [0.2, 0.25) is 5.91 Å². The molecular weight excluding hydrogens is 208 g/mol. The Morgan fingerprint density at radius 2 is 2.38 bits per heavy atom. The number of ether oxygens (including phenoxy) is 1. The molecule has 16 heavy (non-hydrogen) atoms. The summed E-state index contributed by atoms with van der Waals surface area (Å²) in [6.07, 6.45) is 0.432. The van der Waals surface area contributed by atoms with E-state index in [2.05, 4.69) is 10.6 Å². The monoisotopic (exact) mass is 230 g/mol. The Kier molecular flexibility index (Phi) is 5.18. The Morgan fingerprint density at radius 1 is 1.62 bits per heavy atom. The second-order valence-electron chi connectivity index (χ2n) is 5.03. The van der Waals surface area contributed by atoms with Crippen molar-refractivity contribution in [3.8, 4) is 0 Å². The zero-order chi connectivity index (χ0) is 12.0. The third-order valence-electron chi connectivity index (χ3n) is 2.62. The van der Waals surface area contributed by atoms with Crippen molar-refractivity contribution in [3.05, 3.63) is 0 Å². The van der Waals surface area contributed by atoms with E-state index < -0.39 is 0 Å². The second kappa shape index (κ2) is 6.18. The summed E-state index contributed by atoms with van der Waals surface area (Å²) in [4.78, 5) is 11.6. The lowest BCUT2D eigenvalue weighted by molar-refractivity contribution is -0.122. The fraction of sp³-hybridized carbons (Fsp3) is 0.909. The van der Waals surface area contributed by atoms with E-state index >= 15 is 0 Å². The predicted molar refractivity (Wildman–Crippen MR) is 61.1 cm³/mol. The molecule has 1 fully saturated rings. The van der Waals surface area contributed by atoms with Gasteiger partial charge in [0.1, 0.15) is 0 Å². The van der Waals surface area contributed by atoms with Crippen LogP contribution in [0.1, 0.15) is 20.3 Å². The van der Waals surface area contributed by atoms with Crippen molar-refractivity contribution in [1.82, 2.24) is 10.6 Å². The van der Waals surface area contributed by atoms with Crippen LogP contribution in [0.3, 0.4) is 0 Å².